The Balaban J connectivity index is 0.000000133. The van der Waals surface area contributed by atoms with Crippen LogP contribution in [-0.2, 0) is 0 Å². The molecule has 0 aliphatic heterocycles. The van der Waals surface area contributed by atoms with Crippen LogP contribution >= 0.6 is 11.3 Å². The van der Waals surface area contributed by atoms with Gasteiger partial charge in [-0.15, -0.1) is 47.0 Å². The lowest BCUT2D eigenvalue weighted by molar-refractivity contribution is 0.101. The third-order valence-corrected chi connectivity index (χ3v) is 17.2. The summed E-state index contributed by atoms with van der Waals surface area (Å²) in [6.45, 7) is 19.3. The van der Waals surface area contributed by atoms with E-state index in [4.69, 9.17) is 0 Å². The molecule has 7 aromatic carbocycles. The maximum Gasteiger partial charge on any atom is 0.278 e. The van der Waals surface area contributed by atoms with Crippen LogP contribution in [0.15, 0.2) is 200 Å². The van der Waals surface area contributed by atoms with Gasteiger partial charge in [-0.2, -0.15) is 0 Å². The van der Waals surface area contributed by atoms with Gasteiger partial charge >= 0.3 is 0 Å². The number of carbonyl (C=O) groups is 4. The molecule has 0 radical (unpaired) electrons. The fourth-order valence-corrected chi connectivity index (χ4v) is 11.3. The minimum atomic E-state index is -0.379. The number of halogens is 1. The van der Waals surface area contributed by atoms with Crippen molar-refractivity contribution in [2.75, 3.05) is 21.3 Å². The molecule has 15 aromatic rings. The number of nitrogens with one attached hydrogen (secondary N) is 4. The van der Waals surface area contributed by atoms with E-state index in [1.54, 1.807) is 83.9 Å². The minimum absolute atomic E-state index is 0.106. The number of aryl methyl sites for hydroxylation is 7. The van der Waals surface area contributed by atoms with Crippen molar-refractivity contribution in [3.8, 4) is 39.8 Å². The maximum atomic E-state index is 13.1. The minimum Gasteiger partial charge on any atom is -0.321 e. The Morgan fingerprint density at radius 1 is 0.362 bits per heavy atom. The van der Waals surface area contributed by atoms with Crippen molar-refractivity contribution in [1.29, 1.82) is 0 Å². The van der Waals surface area contributed by atoms with Gasteiger partial charge in [0, 0.05) is 22.7 Å². The third kappa shape index (κ3) is 16.6. The van der Waals surface area contributed by atoms with Crippen LogP contribution in [0.3, 0.4) is 0 Å². The van der Waals surface area contributed by atoms with Crippen molar-refractivity contribution >= 4 is 57.7 Å². The molecule has 0 saturated heterocycles. The van der Waals surface area contributed by atoms with Crippen LogP contribution in [0.2, 0.25) is 0 Å². The van der Waals surface area contributed by atoms with Crippen molar-refractivity contribution in [2.24, 2.45) is 0 Å². The van der Waals surface area contributed by atoms with Gasteiger partial charge in [0.15, 0.2) is 17.1 Å². The Morgan fingerprint density at radius 3 is 1.16 bits per heavy atom. The van der Waals surface area contributed by atoms with Crippen LogP contribution in [0.1, 0.15) is 97.6 Å². The monoisotopic (exact) mass is 1420 g/mol. The molecule has 0 bridgehead atoms. The number of aromatic nitrogens is 22. The highest BCUT2D eigenvalue weighted by Gasteiger charge is 2.22. The van der Waals surface area contributed by atoms with Crippen LogP contribution in [-0.4, -0.2) is 134 Å². The highest BCUT2D eigenvalue weighted by Crippen LogP contribution is 2.25. The summed E-state index contributed by atoms with van der Waals surface area (Å²) in [7, 11) is 0. The second-order valence-corrected chi connectivity index (χ2v) is 24.9. The molecule has 0 aliphatic carbocycles. The molecule has 0 saturated carbocycles. The summed E-state index contributed by atoms with van der Waals surface area (Å²) in [6, 6.07) is 50.9. The van der Waals surface area contributed by atoms with Gasteiger partial charge < -0.3 is 21.3 Å². The summed E-state index contributed by atoms with van der Waals surface area (Å²) < 4.78 is 24.7. The molecule has 32 heteroatoms. The zero-order chi connectivity index (χ0) is 73.8. The lowest BCUT2D eigenvalue weighted by Gasteiger charge is -2.09. The van der Waals surface area contributed by atoms with Gasteiger partial charge in [-0.05, 0) is 241 Å². The fraction of sp³-hybridized carbons (Fsp3) is 0.137. The number of benzene rings is 7. The van der Waals surface area contributed by atoms with Gasteiger partial charge in [-0.3, -0.25) is 19.2 Å². The average molecular weight is 1420 g/mol. The summed E-state index contributed by atoms with van der Waals surface area (Å²) in [4.78, 5) is 50.6. The topological polar surface area (TPSA) is 344 Å². The quantitative estimate of drug-likeness (QED) is 0.0740. The number of amides is 4. The Morgan fingerprint density at radius 2 is 0.752 bits per heavy atom. The molecule has 0 atom stereocenters. The number of hydrogen-bond acceptors (Lipinski definition) is 20. The average Bonchev–Trinajstić information content (AvgIpc) is 1.68. The van der Waals surface area contributed by atoms with E-state index in [0.29, 0.717) is 56.1 Å². The molecule has 15 rings (SSSR count). The van der Waals surface area contributed by atoms with Crippen LogP contribution in [0.5, 0.6) is 0 Å². The lowest BCUT2D eigenvalue weighted by Crippen LogP contribution is -2.14. The zero-order valence-corrected chi connectivity index (χ0v) is 59.1. The summed E-state index contributed by atoms with van der Waals surface area (Å²) in [6.07, 6.45) is 6.57. The normalized spacial score (nSPS) is 10.8. The third-order valence-electron chi connectivity index (χ3n) is 16.3. The Kier molecular flexibility index (Phi) is 21.3. The molecule has 4 N–H and O–H groups in total. The van der Waals surface area contributed by atoms with Crippen molar-refractivity contribution in [3.05, 3.63) is 284 Å². The van der Waals surface area contributed by atoms with Gasteiger partial charge in [0.1, 0.15) is 12.1 Å². The lowest BCUT2D eigenvalue weighted by atomic mass is 10.1. The largest absolute Gasteiger partial charge is 0.321 e. The van der Waals surface area contributed by atoms with Crippen LogP contribution in [0.25, 0.3) is 39.8 Å². The molecule has 4 amide bonds. The van der Waals surface area contributed by atoms with E-state index in [2.05, 4.69) is 105 Å². The molecule has 8 aromatic heterocycles. The molecule has 526 valence electrons. The van der Waals surface area contributed by atoms with E-state index in [1.807, 2.05) is 189 Å². The van der Waals surface area contributed by atoms with E-state index in [1.165, 1.54) is 40.0 Å². The van der Waals surface area contributed by atoms with E-state index >= 15 is 0 Å². The second kappa shape index (κ2) is 31.7. The van der Waals surface area contributed by atoms with Crippen molar-refractivity contribution in [3.63, 3.8) is 0 Å². The fourth-order valence-electron chi connectivity index (χ4n) is 10.7. The highest BCUT2D eigenvalue weighted by molar-refractivity contribution is 7.12. The Hall–Kier alpha value is -14.0. The Labute approximate surface area is 603 Å². The molecular weight excluding hydrogens is 1360 g/mol. The number of tetrazole rings is 1. The van der Waals surface area contributed by atoms with E-state index < -0.39 is 0 Å². The number of anilines is 4. The molecule has 0 fully saturated rings. The van der Waals surface area contributed by atoms with E-state index in [-0.39, 0.29) is 35.1 Å². The molecule has 30 nitrogen and oxygen atoms in total. The zero-order valence-electron chi connectivity index (χ0n) is 58.3. The first-order chi connectivity index (χ1) is 50.7. The molecule has 8 heterocycles. The SMILES string of the molecule is Cc1ccc(-n2nnc(C(=O)Nc3ccc(-n4nncc4C)cc3)c2C)c(C)c1.Cc1ccc(C)c(-n2nnc(C(=O)Nc3ccc(-n4nncc4C)cc3)c2C)c1.Cc1cnnn1-c1ccc(NC(=O)c2nnn(-c3ccc(F)cc3)c2C)cc1.O=C(Nc1ccc(-n2cnnn2)cc1)c1cccs1. The first kappa shape index (κ1) is 70.8. The first-order valence-electron chi connectivity index (χ1n) is 32.5. The maximum absolute atomic E-state index is 13.1. The summed E-state index contributed by atoms with van der Waals surface area (Å²) in [5.41, 5.74) is 18.4. The number of carbonyl (C=O) groups excluding carboxylic acids is 4. The Bertz CT molecular complexity index is 5530. The number of thiophene rings is 1. The van der Waals surface area contributed by atoms with Crippen LogP contribution in [0.4, 0.5) is 27.1 Å². The molecule has 105 heavy (non-hydrogen) atoms. The van der Waals surface area contributed by atoms with Crippen molar-refractivity contribution in [2.45, 2.75) is 69.2 Å². The highest BCUT2D eigenvalue weighted by atomic mass is 32.1. The van der Waals surface area contributed by atoms with E-state index in [9.17, 15) is 23.6 Å². The van der Waals surface area contributed by atoms with Crippen LogP contribution in [0, 0.1) is 75.1 Å². The predicted octanol–water partition coefficient (Wildman–Crippen LogP) is 11.5. The predicted molar refractivity (Wildman–Crippen MR) is 391 cm³/mol. The second-order valence-electron chi connectivity index (χ2n) is 24.0. The van der Waals surface area contributed by atoms with Crippen molar-refractivity contribution < 1.29 is 23.6 Å². The standard InChI is InChI=1S/2C21H21N7O.C19H16FN7O.C12H9N5OS/c1-13-5-10-19(14(2)11-13)28-16(4)20(24-26-28)21(29)23-17-6-8-18(9-7-17)27-15(3)12-22-25-27;1-13-5-6-14(2)19(11-13)28-16(4)20(24-26-28)21(29)23-17-7-9-18(10-8-17)27-15(3)12-22-25-27;1-12-11-21-24-26(12)16-9-5-15(6-10-16)22-19(28)18-13(2)27(25-23-18)17-7-3-14(20)4-8-17;18-12(11-2-1-7-19-11)14-9-3-5-10(6-4-9)17-8-13-15-16-17/h2*5-12H,1-4H3,(H,23,29);3-11H,1-2H3,(H,22,28);1-8H,(H,14,18). The number of hydrogen-bond donors (Lipinski definition) is 4. The van der Waals surface area contributed by atoms with Crippen LogP contribution < -0.4 is 21.3 Å². The van der Waals surface area contributed by atoms with Crippen molar-refractivity contribution in [1.82, 2.24) is 110 Å². The van der Waals surface area contributed by atoms with E-state index in [0.717, 1.165) is 73.6 Å². The summed E-state index contributed by atoms with van der Waals surface area (Å²) >= 11 is 1.41. The summed E-state index contributed by atoms with van der Waals surface area (Å²) in [5, 5.41) is 72.4. The summed E-state index contributed by atoms with van der Waals surface area (Å²) in [5.74, 6) is -1.43. The molecule has 0 spiro atoms. The van der Waals surface area contributed by atoms with Gasteiger partial charge in [-0.25, -0.2) is 37.2 Å². The van der Waals surface area contributed by atoms with Gasteiger partial charge in [0.2, 0.25) is 0 Å². The molecule has 0 aliphatic rings. The van der Waals surface area contributed by atoms with Gasteiger partial charge in [0.25, 0.3) is 23.6 Å². The van der Waals surface area contributed by atoms with Gasteiger partial charge in [0.05, 0.1) is 97.4 Å². The smallest absolute Gasteiger partial charge is 0.278 e. The molecular formula is C73H67FN26O4S. The van der Waals surface area contributed by atoms with Gasteiger partial charge in [-0.1, -0.05) is 67.2 Å². The first-order valence-corrected chi connectivity index (χ1v) is 33.3. The number of rotatable bonds is 15. The number of nitrogens with zero attached hydrogens (tertiary/aromatic N) is 22. The molecule has 0 unspecified atom stereocenters.